The van der Waals surface area contributed by atoms with E-state index in [9.17, 15) is 18.8 Å². The Morgan fingerprint density at radius 3 is 2.56 bits per heavy atom. The molecule has 0 saturated carbocycles. The maximum atomic E-state index is 13.6. The number of nitrogens with zero attached hydrogens (tertiary/aromatic N) is 3. The highest BCUT2D eigenvalue weighted by Crippen LogP contribution is 2.31. The van der Waals surface area contributed by atoms with Gasteiger partial charge in [-0.2, -0.15) is 0 Å². The van der Waals surface area contributed by atoms with E-state index in [-0.39, 0.29) is 47.6 Å². The van der Waals surface area contributed by atoms with Crippen LogP contribution in [0.3, 0.4) is 0 Å². The van der Waals surface area contributed by atoms with Crippen LogP contribution >= 0.6 is 0 Å². The van der Waals surface area contributed by atoms with Gasteiger partial charge in [0.1, 0.15) is 5.82 Å². The van der Waals surface area contributed by atoms with Crippen molar-refractivity contribution in [3.8, 4) is 0 Å². The summed E-state index contributed by atoms with van der Waals surface area (Å²) in [5.74, 6) is -0.975. The van der Waals surface area contributed by atoms with Gasteiger partial charge in [-0.25, -0.2) is 4.39 Å². The quantitative estimate of drug-likeness (QED) is 0.777. The molecule has 2 atom stereocenters. The first kappa shape index (κ1) is 21.9. The third-order valence-corrected chi connectivity index (χ3v) is 6.39. The fourth-order valence-corrected chi connectivity index (χ4v) is 4.59. The molecular formula is C24H27FN4O3. The van der Waals surface area contributed by atoms with Crippen LogP contribution in [0, 0.1) is 17.7 Å². The van der Waals surface area contributed by atoms with E-state index in [0.29, 0.717) is 32.5 Å². The number of halogens is 1. The van der Waals surface area contributed by atoms with Gasteiger partial charge in [-0.1, -0.05) is 12.1 Å². The predicted molar refractivity (Wildman–Crippen MR) is 116 cm³/mol. The Labute approximate surface area is 186 Å². The van der Waals surface area contributed by atoms with Crippen LogP contribution in [0.2, 0.25) is 0 Å². The molecule has 32 heavy (non-hydrogen) atoms. The van der Waals surface area contributed by atoms with E-state index in [1.807, 2.05) is 23.1 Å². The first-order valence-corrected chi connectivity index (χ1v) is 10.9. The molecule has 1 aromatic heterocycles. The SMILES string of the molecule is CN1CC(C(=O)N2CCC(C(NC(=O)c3cccc(F)c3)c3ccccn3)CC2)CC1=O. The van der Waals surface area contributed by atoms with E-state index in [2.05, 4.69) is 10.3 Å². The number of hydrogen-bond acceptors (Lipinski definition) is 4. The number of nitrogens with one attached hydrogen (secondary N) is 1. The molecule has 168 valence electrons. The third-order valence-electron chi connectivity index (χ3n) is 6.39. The lowest BCUT2D eigenvalue weighted by molar-refractivity contribution is -0.137. The van der Waals surface area contributed by atoms with Crippen molar-refractivity contribution in [2.45, 2.75) is 25.3 Å². The second-order valence-electron chi connectivity index (χ2n) is 8.55. The van der Waals surface area contributed by atoms with Crippen molar-refractivity contribution in [3.63, 3.8) is 0 Å². The van der Waals surface area contributed by atoms with Gasteiger partial charge in [0.05, 0.1) is 17.7 Å². The van der Waals surface area contributed by atoms with Gasteiger partial charge in [-0.15, -0.1) is 0 Å². The van der Waals surface area contributed by atoms with E-state index in [0.717, 1.165) is 5.69 Å². The molecule has 0 radical (unpaired) electrons. The largest absolute Gasteiger partial charge is 0.345 e. The van der Waals surface area contributed by atoms with Crippen molar-refractivity contribution >= 4 is 17.7 Å². The molecule has 3 heterocycles. The molecular weight excluding hydrogens is 411 g/mol. The number of carbonyl (C=O) groups is 3. The molecule has 2 aromatic rings. The predicted octanol–water partition coefficient (Wildman–Crippen LogP) is 2.41. The summed E-state index contributed by atoms with van der Waals surface area (Å²) in [5.41, 5.74) is 0.999. The number of likely N-dealkylation sites (tertiary alicyclic amines) is 2. The van der Waals surface area contributed by atoms with Crippen molar-refractivity contribution < 1.29 is 18.8 Å². The summed E-state index contributed by atoms with van der Waals surface area (Å²) in [4.78, 5) is 45.4. The summed E-state index contributed by atoms with van der Waals surface area (Å²) in [5, 5.41) is 3.03. The first-order valence-electron chi connectivity index (χ1n) is 10.9. The summed E-state index contributed by atoms with van der Waals surface area (Å²) in [6.45, 7) is 1.60. The Kier molecular flexibility index (Phi) is 6.48. The summed E-state index contributed by atoms with van der Waals surface area (Å²) in [6.07, 6.45) is 3.36. The minimum atomic E-state index is -0.463. The minimum absolute atomic E-state index is 0.00788. The number of carbonyl (C=O) groups excluding carboxylic acids is 3. The van der Waals surface area contributed by atoms with Crippen molar-refractivity contribution in [2.75, 3.05) is 26.7 Å². The molecule has 1 N–H and O–H groups in total. The van der Waals surface area contributed by atoms with Crippen molar-refractivity contribution in [1.29, 1.82) is 0 Å². The van der Waals surface area contributed by atoms with Crippen LogP contribution in [-0.2, 0) is 9.59 Å². The molecule has 0 aliphatic carbocycles. The van der Waals surface area contributed by atoms with Crippen LogP contribution in [0.5, 0.6) is 0 Å². The normalized spacial score (nSPS) is 20.3. The molecule has 0 bridgehead atoms. The molecule has 2 aliphatic rings. The lowest BCUT2D eigenvalue weighted by Gasteiger charge is -2.37. The fraction of sp³-hybridized carbons (Fsp3) is 0.417. The summed E-state index contributed by atoms with van der Waals surface area (Å²) in [6, 6.07) is 10.8. The highest BCUT2D eigenvalue weighted by atomic mass is 19.1. The Bertz CT molecular complexity index is 992. The van der Waals surface area contributed by atoms with Crippen molar-refractivity contribution in [1.82, 2.24) is 20.1 Å². The smallest absolute Gasteiger partial charge is 0.251 e. The topological polar surface area (TPSA) is 82.6 Å². The molecule has 3 amide bonds. The Balaban J connectivity index is 1.44. The number of pyridine rings is 1. The highest BCUT2D eigenvalue weighted by Gasteiger charge is 2.37. The lowest BCUT2D eigenvalue weighted by atomic mass is 9.86. The van der Waals surface area contributed by atoms with Crippen LogP contribution in [0.25, 0.3) is 0 Å². The monoisotopic (exact) mass is 438 g/mol. The molecule has 8 heteroatoms. The molecule has 2 fully saturated rings. The maximum absolute atomic E-state index is 13.6. The fourth-order valence-electron chi connectivity index (χ4n) is 4.59. The standard InChI is InChI=1S/C24H27FN4O3/c1-28-15-18(14-21(28)30)24(32)29-11-8-16(9-12-29)22(20-7-2-3-10-26-20)27-23(31)17-5-4-6-19(25)13-17/h2-7,10,13,16,18,22H,8-9,11-12,14-15H2,1H3,(H,27,31). The van der Waals surface area contributed by atoms with Crippen LogP contribution in [0.4, 0.5) is 4.39 Å². The van der Waals surface area contributed by atoms with Crippen LogP contribution in [-0.4, -0.2) is 59.2 Å². The number of piperidine rings is 1. The second kappa shape index (κ2) is 9.46. The van der Waals surface area contributed by atoms with Gasteiger partial charge in [0.25, 0.3) is 5.91 Å². The van der Waals surface area contributed by atoms with Gasteiger partial charge in [-0.3, -0.25) is 19.4 Å². The molecule has 2 saturated heterocycles. The van der Waals surface area contributed by atoms with Crippen molar-refractivity contribution in [3.05, 3.63) is 65.7 Å². The number of rotatable bonds is 5. The summed E-state index contributed by atoms with van der Waals surface area (Å²) < 4.78 is 13.6. The summed E-state index contributed by atoms with van der Waals surface area (Å²) >= 11 is 0. The zero-order chi connectivity index (χ0) is 22.7. The average Bonchev–Trinajstić information content (AvgIpc) is 3.15. The zero-order valence-electron chi connectivity index (χ0n) is 18.0. The van der Waals surface area contributed by atoms with E-state index >= 15 is 0 Å². The van der Waals surface area contributed by atoms with E-state index in [1.165, 1.54) is 18.2 Å². The van der Waals surface area contributed by atoms with Gasteiger partial charge in [-0.05, 0) is 49.1 Å². The lowest BCUT2D eigenvalue weighted by Crippen LogP contribution is -2.45. The van der Waals surface area contributed by atoms with E-state index in [4.69, 9.17) is 0 Å². The Hall–Kier alpha value is -3.29. The second-order valence-corrected chi connectivity index (χ2v) is 8.55. The maximum Gasteiger partial charge on any atom is 0.251 e. The van der Waals surface area contributed by atoms with Gasteiger partial charge in [0, 0.05) is 44.9 Å². The Morgan fingerprint density at radius 2 is 1.94 bits per heavy atom. The van der Waals surface area contributed by atoms with Crippen molar-refractivity contribution in [2.24, 2.45) is 11.8 Å². The van der Waals surface area contributed by atoms with Gasteiger partial charge < -0.3 is 15.1 Å². The molecule has 0 spiro atoms. The molecule has 4 rings (SSSR count). The number of benzene rings is 1. The molecule has 2 aliphatic heterocycles. The first-order chi connectivity index (χ1) is 15.4. The van der Waals surface area contributed by atoms with Gasteiger partial charge in [0.15, 0.2) is 0 Å². The molecule has 2 unspecified atom stereocenters. The van der Waals surface area contributed by atoms with Crippen LogP contribution < -0.4 is 5.32 Å². The van der Waals surface area contributed by atoms with Crippen LogP contribution in [0.1, 0.15) is 41.4 Å². The molecule has 7 nitrogen and oxygen atoms in total. The Morgan fingerprint density at radius 1 is 1.16 bits per heavy atom. The number of amides is 3. The molecule has 1 aromatic carbocycles. The van der Waals surface area contributed by atoms with Gasteiger partial charge in [0.2, 0.25) is 11.8 Å². The van der Waals surface area contributed by atoms with E-state index < -0.39 is 5.82 Å². The van der Waals surface area contributed by atoms with Crippen LogP contribution in [0.15, 0.2) is 48.7 Å². The highest BCUT2D eigenvalue weighted by molar-refractivity contribution is 5.94. The van der Waals surface area contributed by atoms with E-state index in [1.54, 1.807) is 24.2 Å². The summed E-state index contributed by atoms with van der Waals surface area (Å²) in [7, 11) is 1.72. The number of aromatic nitrogens is 1. The number of hydrogen-bond donors (Lipinski definition) is 1. The van der Waals surface area contributed by atoms with Gasteiger partial charge >= 0.3 is 0 Å². The minimum Gasteiger partial charge on any atom is -0.345 e. The average molecular weight is 439 g/mol. The zero-order valence-corrected chi connectivity index (χ0v) is 18.0. The third kappa shape index (κ3) is 4.79.